The van der Waals surface area contributed by atoms with Crippen LogP contribution in [0.15, 0.2) is 36.4 Å². The maximum atomic E-state index is 12.7. The predicted molar refractivity (Wildman–Crippen MR) is 99.3 cm³/mol. The summed E-state index contributed by atoms with van der Waals surface area (Å²) in [6.45, 7) is 5.40. The van der Waals surface area contributed by atoms with E-state index in [1.54, 1.807) is 31.5 Å². The van der Waals surface area contributed by atoms with Gasteiger partial charge < -0.3 is 10.2 Å². The van der Waals surface area contributed by atoms with Crippen molar-refractivity contribution in [3.63, 3.8) is 0 Å². The van der Waals surface area contributed by atoms with Gasteiger partial charge in [0.15, 0.2) is 5.12 Å². The Morgan fingerprint density at radius 1 is 1.50 bits per heavy atom. The Morgan fingerprint density at radius 2 is 2.21 bits per heavy atom. The number of carbonyl (C=O) groups is 2. The molecule has 0 aliphatic rings. The number of aromatic nitrogens is 1. The first kappa shape index (κ1) is 20.2. The standard InChI is InChI=1S/C16H21ClN4O2S/c1-4-14(24-11(3)22)16(23)21(5-2)13(15(17)18)10-20-12-7-6-8-19-9-12/h6-10,14,18,20H,4-5H2,1-3H3/b13-10+,18-15?. The maximum absolute atomic E-state index is 12.7. The highest BCUT2D eigenvalue weighted by atomic mass is 35.5. The molecule has 0 aromatic carbocycles. The molecule has 0 aliphatic heterocycles. The second kappa shape index (κ2) is 10.1. The number of pyridine rings is 1. The van der Waals surface area contributed by atoms with Crippen LogP contribution < -0.4 is 5.32 Å². The number of halogens is 1. The van der Waals surface area contributed by atoms with Crippen molar-refractivity contribution in [2.24, 2.45) is 0 Å². The van der Waals surface area contributed by atoms with Gasteiger partial charge in [-0.3, -0.25) is 20.0 Å². The van der Waals surface area contributed by atoms with Crippen LogP contribution in [0.25, 0.3) is 0 Å². The molecule has 0 saturated heterocycles. The van der Waals surface area contributed by atoms with E-state index >= 15 is 0 Å². The van der Waals surface area contributed by atoms with Crippen LogP contribution in [0.4, 0.5) is 5.69 Å². The molecule has 0 aliphatic carbocycles. The van der Waals surface area contributed by atoms with Crippen molar-refractivity contribution in [2.45, 2.75) is 32.4 Å². The number of hydrogen-bond donors (Lipinski definition) is 2. The quantitative estimate of drug-likeness (QED) is 0.686. The fourth-order valence-electron chi connectivity index (χ4n) is 1.99. The Kier molecular flexibility index (Phi) is 8.49. The molecule has 24 heavy (non-hydrogen) atoms. The normalized spacial score (nSPS) is 12.4. The smallest absolute Gasteiger partial charge is 0.240 e. The van der Waals surface area contributed by atoms with E-state index in [0.717, 1.165) is 11.8 Å². The summed E-state index contributed by atoms with van der Waals surface area (Å²) < 4.78 is 0. The summed E-state index contributed by atoms with van der Waals surface area (Å²) >= 11 is 6.87. The van der Waals surface area contributed by atoms with Gasteiger partial charge in [-0.15, -0.1) is 0 Å². The molecule has 6 nitrogen and oxygen atoms in total. The monoisotopic (exact) mass is 368 g/mol. The van der Waals surface area contributed by atoms with Crippen LogP contribution in [0.3, 0.4) is 0 Å². The van der Waals surface area contributed by atoms with Crippen molar-refractivity contribution in [3.8, 4) is 0 Å². The average Bonchev–Trinajstić information content (AvgIpc) is 2.56. The van der Waals surface area contributed by atoms with E-state index in [9.17, 15) is 9.59 Å². The van der Waals surface area contributed by atoms with Crippen LogP contribution in [0.1, 0.15) is 27.2 Å². The van der Waals surface area contributed by atoms with Crippen molar-refractivity contribution in [2.75, 3.05) is 11.9 Å². The van der Waals surface area contributed by atoms with Gasteiger partial charge in [-0.05, 0) is 25.5 Å². The number of amides is 1. The number of carbonyl (C=O) groups excluding carboxylic acids is 2. The second-order valence-electron chi connectivity index (χ2n) is 4.82. The van der Waals surface area contributed by atoms with Crippen molar-refractivity contribution < 1.29 is 9.59 Å². The van der Waals surface area contributed by atoms with Gasteiger partial charge in [0.2, 0.25) is 5.91 Å². The summed E-state index contributed by atoms with van der Waals surface area (Å²) in [7, 11) is 0. The Balaban J connectivity index is 3.03. The molecule has 0 fully saturated rings. The maximum Gasteiger partial charge on any atom is 0.240 e. The number of anilines is 1. The number of thioether (sulfide) groups is 1. The molecular formula is C16H21ClN4O2S. The molecule has 130 valence electrons. The lowest BCUT2D eigenvalue weighted by Crippen LogP contribution is -2.39. The number of nitrogens with zero attached hydrogens (tertiary/aromatic N) is 2. The zero-order valence-corrected chi connectivity index (χ0v) is 15.4. The fraction of sp³-hybridized carbons (Fsp3) is 0.375. The summed E-state index contributed by atoms with van der Waals surface area (Å²) in [5.41, 5.74) is 0.956. The molecule has 2 N–H and O–H groups in total. The van der Waals surface area contributed by atoms with Gasteiger partial charge in [0, 0.05) is 25.9 Å². The number of hydrogen-bond acceptors (Lipinski definition) is 6. The van der Waals surface area contributed by atoms with Crippen molar-refractivity contribution in [1.82, 2.24) is 9.88 Å². The SMILES string of the molecule is CCC(SC(C)=O)C(=O)N(CC)/C(=C/Nc1cccnc1)C(=N)Cl. The molecule has 0 bridgehead atoms. The molecular weight excluding hydrogens is 348 g/mol. The number of nitrogens with one attached hydrogen (secondary N) is 2. The lowest BCUT2D eigenvalue weighted by atomic mass is 10.2. The van der Waals surface area contributed by atoms with Crippen molar-refractivity contribution >= 4 is 45.2 Å². The highest BCUT2D eigenvalue weighted by molar-refractivity contribution is 8.14. The highest BCUT2D eigenvalue weighted by Crippen LogP contribution is 2.21. The molecule has 0 spiro atoms. The van der Waals surface area contributed by atoms with E-state index in [0.29, 0.717) is 18.7 Å². The Hall–Kier alpha value is -1.86. The second-order valence-corrected chi connectivity index (χ2v) is 6.58. The lowest BCUT2D eigenvalue weighted by molar-refractivity contribution is -0.128. The van der Waals surface area contributed by atoms with Gasteiger partial charge in [-0.25, -0.2) is 0 Å². The molecule has 1 heterocycles. The van der Waals surface area contributed by atoms with Gasteiger partial charge >= 0.3 is 0 Å². The first-order valence-electron chi connectivity index (χ1n) is 7.50. The molecule has 1 unspecified atom stereocenters. The van der Waals surface area contributed by atoms with Crippen molar-refractivity contribution in [3.05, 3.63) is 36.4 Å². The lowest BCUT2D eigenvalue weighted by Gasteiger charge is -2.26. The minimum atomic E-state index is -0.500. The van der Waals surface area contributed by atoms with Gasteiger partial charge in [0.25, 0.3) is 0 Å². The zero-order valence-electron chi connectivity index (χ0n) is 13.9. The van der Waals surface area contributed by atoms with Crippen LogP contribution in [-0.2, 0) is 9.59 Å². The number of allylic oxidation sites excluding steroid dienone is 1. The highest BCUT2D eigenvalue weighted by Gasteiger charge is 2.27. The van der Waals surface area contributed by atoms with E-state index in [1.807, 2.05) is 6.92 Å². The molecule has 1 aromatic heterocycles. The first-order valence-corrected chi connectivity index (χ1v) is 8.76. The third-order valence-electron chi connectivity index (χ3n) is 3.09. The van der Waals surface area contributed by atoms with Gasteiger partial charge in [-0.2, -0.15) is 0 Å². The topological polar surface area (TPSA) is 86.2 Å². The minimum absolute atomic E-state index is 0.119. The van der Waals surface area contributed by atoms with Crippen LogP contribution in [0.5, 0.6) is 0 Å². The van der Waals surface area contributed by atoms with Crippen LogP contribution in [0.2, 0.25) is 0 Å². The Bertz CT molecular complexity index is 622. The van der Waals surface area contributed by atoms with E-state index in [1.165, 1.54) is 18.0 Å². The van der Waals surface area contributed by atoms with Crippen LogP contribution >= 0.6 is 23.4 Å². The van der Waals surface area contributed by atoms with Gasteiger partial charge in [0.1, 0.15) is 5.17 Å². The molecule has 1 rings (SSSR count). The largest absolute Gasteiger partial charge is 0.358 e. The van der Waals surface area contributed by atoms with Crippen LogP contribution in [0, 0.1) is 5.41 Å². The van der Waals surface area contributed by atoms with Crippen LogP contribution in [-0.4, -0.2) is 37.9 Å². The molecule has 1 amide bonds. The third kappa shape index (κ3) is 5.98. The van der Waals surface area contributed by atoms with E-state index < -0.39 is 5.25 Å². The summed E-state index contributed by atoms with van der Waals surface area (Å²) in [5, 5.41) is 9.86. The fourth-order valence-corrected chi connectivity index (χ4v) is 2.94. The van der Waals surface area contributed by atoms with E-state index in [4.69, 9.17) is 17.0 Å². The molecule has 0 radical (unpaired) electrons. The molecule has 1 aromatic rings. The third-order valence-corrected chi connectivity index (χ3v) is 4.43. The van der Waals surface area contributed by atoms with E-state index in [-0.39, 0.29) is 21.9 Å². The summed E-state index contributed by atoms with van der Waals surface area (Å²) in [4.78, 5) is 29.4. The molecule has 8 heteroatoms. The van der Waals surface area contributed by atoms with Gasteiger partial charge in [-0.1, -0.05) is 30.3 Å². The summed E-state index contributed by atoms with van der Waals surface area (Å²) in [6, 6.07) is 3.57. The molecule has 0 saturated carbocycles. The summed E-state index contributed by atoms with van der Waals surface area (Å²) in [5.74, 6) is -0.246. The zero-order chi connectivity index (χ0) is 18.1. The minimum Gasteiger partial charge on any atom is -0.358 e. The van der Waals surface area contributed by atoms with E-state index in [2.05, 4.69) is 10.3 Å². The average molecular weight is 369 g/mol. The predicted octanol–water partition coefficient (Wildman–Crippen LogP) is 3.46. The van der Waals surface area contributed by atoms with Gasteiger partial charge in [0.05, 0.1) is 22.8 Å². The summed E-state index contributed by atoms with van der Waals surface area (Å²) in [6.07, 6.45) is 5.27. The van der Waals surface area contributed by atoms with Crippen molar-refractivity contribution in [1.29, 1.82) is 5.41 Å². The first-order chi connectivity index (χ1) is 11.4. The Labute approximate surface area is 151 Å². The Morgan fingerprint density at radius 3 is 2.67 bits per heavy atom. The number of rotatable bonds is 8. The molecule has 1 atom stereocenters.